The fraction of sp³-hybridized carbons (Fsp3) is 0.294. The van der Waals surface area contributed by atoms with Crippen molar-refractivity contribution in [1.82, 2.24) is 5.32 Å². The molecule has 112 valence electrons. The fourth-order valence-corrected chi connectivity index (χ4v) is 2.77. The molecular formula is C17H18Cl2FN. The smallest absolute Gasteiger partial charge is 0.123 e. The maximum atomic E-state index is 13.1. The minimum atomic E-state index is -0.187. The van der Waals surface area contributed by atoms with E-state index in [2.05, 4.69) is 12.2 Å². The van der Waals surface area contributed by atoms with Crippen LogP contribution in [-0.2, 0) is 12.8 Å². The van der Waals surface area contributed by atoms with Gasteiger partial charge in [0.15, 0.2) is 0 Å². The van der Waals surface area contributed by atoms with Crippen LogP contribution in [0.25, 0.3) is 0 Å². The molecule has 21 heavy (non-hydrogen) atoms. The van der Waals surface area contributed by atoms with Crippen LogP contribution in [0.2, 0.25) is 10.0 Å². The zero-order valence-electron chi connectivity index (χ0n) is 11.9. The molecule has 0 aliphatic carbocycles. The van der Waals surface area contributed by atoms with Crippen molar-refractivity contribution in [3.8, 4) is 0 Å². The first-order valence-corrected chi connectivity index (χ1v) is 7.72. The van der Waals surface area contributed by atoms with Gasteiger partial charge in [0.1, 0.15) is 5.82 Å². The summed E-state index contributed by atoms with van der Waals surface area (Å²) < 4.78 is 13.1. The third-order valence-corrected chi connectivity index (χ3v) is 3.92. The molecular weight excluding hydrogens is 308 g/mol. The lowest BCUT2D eigenvalue weighted by Gasteiger charge is -2.14. The van der Waals surface area contributed by atoms with E-state index in [1.54, 1.807) is 18.2 Å². The van der Waals surface area contributed by atoms with Crippen molar-refractivity contribution in [2.24, 2.45) is 0 Å². The highest BCUT2D eigenvalue weighted by Gasteiger charge is 2.05. The number of hydrogen-bond acceptors (Lipinski definition) is 1. The summed E-state index contributed by atoms with van der Waals surface area (Å²) >= 11 is 12.0. The Morgan fingerprint density at radius 3 is 2.67 bits per heavy atom. The van der Waals surface area contributed by atoms with Gasteiger partial charge >= 0.3 is 0 Å². The molecule has 0 aliphatic heterocycles. The monoisotopic (exact) mass is 325 g/mol. The Hall–Kier alpha value is -1.09. The van der Waals surface area contributed by atoms with Crippen LogP contribution in [0.3, 0.4) is 0 Å². The first-order valence-electron chi connectivity index (χ1n) is 6.96. The van der Waals surface area contributed by atoms with Gasteiger partial charge in [-0.15, -0.1) is 0 Å². The molecule has 0 spiro atoms. The van der Waals surface area contributed by atoms with Crippen LogP contribution in [-0.4, -0.2) is 12.6 Å². The molecule has 0 fully saturated rings. The average Bonchev–Trinajstić information content (AvgIpc) is 2.41. The molecule has 0 radical (unpaired) electrons. The molecule has 0 amide bonds. The Kier molecular flexibility index (Phi) is 6.04. The Balaban J connectivity index is 1.80. The zero-order valence-corrected chi connectivity index (χ0v) is 13.4. The molecule has 0 saturated heterocycles. The quantitative estimate of drug-likeness (QED) is 0.796. The molecule has 2 rings (SSSR count). The summed E-state index contributed by atoms with van der Waals surface area (Å²) in [7, 11) is 0. The number of rotatable bonds is 6. The Labute approximate surface area is 135 Å². The molecule has 1 N–H and O–H groups in total. The van der Waals surface area contributed by atoms with E-state index in [4.69, 9.17) is 23.2 Å². The number of hydrogen-bond donors (Lipinski definition) is 1. The van der Waals surface area contributed by atoms with Crippen molar-refractivity contribution in [2.75, 3.05) is 6.54 Å². The van der Waals surface area contributed by atoms with Crippen LogP contribution >= 0.6 is 23.2 Å². The molecule has 1 atom stereocenters. The highest BCUT2D eigenvalue weighted by molar-refractivity contribution is 6.35. The topological polar surface area (TPSA) is 12.0 Å². The predicted octanol–water partition coefficient (Wildman–Crippen LogP) is 4.90. The molecule has 2 aromatic carbocycles. The van der Waals surface area contributed by atoms with E-state index in [1.807, 2.05) is 18.2 Å². The SMILES string of the molecule is CC(Cc1cccc(F)c1)NCCc1ccc(Cl)cc1Cl. The van der Waals surface area contributed by atoms with E-state index in [0.717, 1.165) is 30.5 Å². The van der Waals surface area contributed by atoms with Gasteiger partial charge in [-0.1, -0.05) is 41.4 Å². The van der Waals surface area contributed by atoms with Crippen molar-refractivity contribution in [3.63, 3.8) is 0 Å². The van der Waals surface area contributed by atoms with E-state index < -0.39 is 0 Å². The van der Waals surface area contributed by atoms with Gasteiger partial charge < -0.3 is 5.32 Å². The van der Waals surface area contributed by atoms with Crippen LogP contribution < -0.4 is 5.32 Å². The lowest BCUT2D eigenvalue weighted by Crippen LogP contribution is -2.30. The summed E-state index contributed by atoms with van der Waals surface area (Å²) in [6, 6.07) is 12.6. The molecule has 1 nitrogen and oxygen atoms in total. The van der Waals surface area contributed by atoms with Crippen LogP contribution in [0.15, 0.2) is 42.5 Å². The van der Waals surface area contributed by atoms with Crippen LogP contribution in [0.4, 0.5) is 4.39 Å². The fourth-order valence-electron chi connectivity index (χ4n) is 2.27. The van der Waals surface area contributed by atoms with Gasteiger partial charge in [-0.25, -0.2) is 4.39 Å². The highest BCUT2D eigenvalue weighted by Crippen LogP contribution is 2.21. The molecule has 4 heteroatoms. The van der Waals surface area contributed by atoms with Crippen molar-refractivity contribution >= 4 is 23.2 Å². The first-order chi connectivity index (χ1) is 10.0. The van der Waals surface area contributed by atoms with Crippen molar-refractivity contribution in [2.45, 2.75) is 25.8 Å². The Morgan fingerprint density at radius 2 is 1.95 bits per heavy atom. The minimum absolute atomic E-state index is 0.187. The average molecular weight is 326 g/mol. The second kappa shape index (κ2) is 7.79. The maximum absolute atomic E-state index is 13.1. The van der Waals surface area contributed by atoms with Gasteiger partial charge in [-0.2, -0.15) is 0 Å². The third-order valence-electron chi connectivity index (χ3n) is 3.33. The summed E-state index contributed by atoms with van der Waals surface area (Å²) in [6.07, 6.45) is 1.63. The van der Waals surface area contributed by atoms with E-state index in [1.165, 1.54) is 6.07 Å². The predicted molar refractivity (Wildman–Crippen MR) is 87.7 cm³/mol. The van der Waals surface area contributed by atoms with Crippen molar-refractivity contribution < 1.29 is 4.39 Å². The van der Waals surface area contributed by atoms with Gasteiger partial charge in [-0.3, -0.25) is 0 Å². The molecule has 1 unspecified atom stereocenters. The molecule has 0 saturated carbocycles. The van der Waals surface area contributed by atoms with E-state index >= 15 is 0 Å². The first kappa shape index (κ1) is 16.3. The normalized spacial score (nSPS) is 12.4. The lowest BCUT2D eigenvalue weighted by atomic mass is 10.1. The summed E-state index contributed by atoms with van der Waals surface area (Å²) in [5.41, 5.74) is 2.08. The molecule has 0 bridgehead atoms. The second-order valence-electron chi connectivity index (χ2n) is 5.17. The van der Waals surface area contributed by atoms with Gasteiger partial charge in [0.25, 0.3) is 0 Å². The van der Waals surface area contributed by atoms with Gasteiger partial charge in [0.2, 0.25) is 0 Å². The van der Waals surface area contributed by atoms with E-state index in [0.29, 0.717) is 10.0 Å². The Morgan fingerprint density at radius 1 is 1.14 bits per heavy atom. The largest absolute Gasteiger partial charge is 0.314 e. The number of nitrogens with one attached hydrogen (secondary N) is 1. The summed E-state index contributed by atoms with van der Waals surface area (Å²) in [6.45, 7) is 2.91. The van der Waals surface area contributed by atoms with Crippen LogP contribution in [0.5, 0.6) is 0 Å². The maximum Gasteiger partial charge on any atom is 0.123 e. The Bertz CT molecular complexity index is 601. The third kappa shape index (κ3) is 5.31. The molecule has 0 aromatic heterocycles. The zero-order chi connectivity index (χ0) is 15.2. The van der Waals surface area contributed by atoms with Gasteiger partial charge in [0.05, 0.1) is 0 Å². The summed E-state index contributed by atoms with van der Waals surface area (Å²) in [5.74, 6) is -0.187. The van der Waals surface area contributed by atoms with Crippen molar-refractivity contribution in [3.05, 3.63) is 69.5 Å². The molecule has 0 aliphatic rings. The van der Waals surface area contributed by atoms with Crippen LogP contribution in [0.1, 0.15) is 18.1 Å². The van der Waals surface area contributed by atoms with Crippen molar-refractivity contribution in [1.29, 1.82) is 0 Å². The van der Waals surface area contributed by atoms with E-state index in [-0.39, 0.29) is 11.9 Å². The van der Waals surface area contributed by atoms with Gasteiger partial charge in [-0.05, 0) is 61.7 Å². The summed E-state index contributed by atoms with van der Waals surface area (Å²) in [4.78, 5) is 0. The standard InChI is InChI=1S/C17H18Cl2FN/c1-12(9-13-3-2-4-16(20)10-13)21-8-7-14-5-6-15(18)11-17(14)19/h2-6,10-12,21H,7-9H2,1H3. The second-order valence-corrected chi connectivity index (χ2v) is 6.02. The lowest BCUT2D eigenvalue weighted by molar-refractivity contribution is 0.546. The highest BCUT2D eigenvalue weighted by atomic mass is 35.5. The molecule has 2 aromatic rings. The molecule has 0 heterocycles. The van der Waals surface area contributed by atoms with E-state index in [9.17, 15) is 4.39 Å². The van der Waals surface area contributed by atoms with Gasteiger partial charge in [0, 0.05) is 16.1 Å². The number of benzene rings is 2. The summed E-state index contributed by atoms with van der Waals surface area (Å²) in [5, 5.41) is 4.77. The number of halogens is 3. The minimum Gasteiger partial charge on any atom is -0.314 e. The van der Waals surface area contributed by atoms with Crippen LogP contribution in [0, 0.1) is 5.82 Å².